The van der Waals surface area contributed by atoms with Crippen molar-refractivity contribution in [2.75, 3.05) is 34.5 Å². The standard InChI is InChI=1S/C55H79NO15/c1-10-13-39-25-32(2)24-33(3)26-47(65-8)50-48(66-9)28-35(5)55(63,71-50)51(59)52(60)56-22-12-11-14-41(56)53(61)70-49(36(6)42(57)30-43(39)58)34(4)27-38-17-20-44(46(29-38)64-7)68-31-37-15-18-40(19-16-37)69-45-21-23-67-54(45)62/h10,15-16,18-19,25,27,33,35-36,38-39,41-42,44-50,57,63H,1,11-14,17,20-24,26,28-31H2,2-9H3/b32-25+,34-27+/t33-,35+,36+,38-,39+,41-,42-,44?,45-,46+,47-,48-,49?,50+,55+/m0/s1. The molecule has 6 rings (SSSR count). The highest BCUT2D eigenvalue weighted by Gasteiger charge is 2.56. The van der Waals surface area contributed by atoms with Crippen LogP contribution in [0.3, 0.4) is 0 Å². The van der Waals surface area contributed by atoms with Gasteiger partial charge >= 0.3 is 11.9 Å². The molecule has 2 bridgehead atoms. The molecule has 1 aromatic carbocycles. The third kappa shape index (κ3) is 13.9. The monoisotopic (exact) mass is 994 g/mol. The molecule has 0 aromatic heterocycles. The average molecular weight is 994 g/mol. The Labute approximate surface area is 419 Å². The van der Waals surface area contributed by atoms with Gasteiger partial charge in [-0.1, -0.05) is 56.7 Å². The summed E-state index contributed by atoms with van der Waals surface area (Å²) < 4.78 is 47.6. The predicted molar refractivity (Wildman–Crippen MR) is 262 cm³/mol. The predicted octanol–water partition coefficient (Wildman–Crippen LogP) is 6.56. The number of fused-ring (bicyclic) bond motifs is 3. The van der Waals surface area contributed by atoms with Crippen LogP contribution < -0.4 is 4.74 Å². The van der Waals surface area contributed by atoms with E-state index in [2.05, 4.69) is 6.58 Å². The van der Waals surface area contributed by atoms with Crippen LogP contribution in [0.1, 0.15) is 117 Å². The Morgan fingerprint density at radius 3 is 2.24 bits per heavy atom. The molecule has 1 aliphatic carbocycles. The second-order valence-corrected chi connectivity index (χ2v) is 20.8. The van der Waals surface area contributed by atoms with Gasteiger partial charge in [0.1, 0.15) is 29.8 Å². The number of piperidine rings is 1. The van der Waals surface area contributed by atoms with Crippen molar-refractivity contribution in [1.29, 1.82) is 0 Å². The van der Waals surface area contributed by atoms with Gasteiger partial charge in [-0.2, -0.15) is 0 Å². The zero-order valence-corrected chi connectivity index (χ0v) is 43.1. The van der Waals surface area contributed by atoms with Gasteiger partial charge in [-0.15, -0.1) is 6.58 Å². The van der Waals surface area contributed by atoms with E-state index in [-0.39, 0.29) is 61.6 Å². The first-order valence-corrected chi connectivity index (χ1v) is 25.7. The van der Waals surface area contributed by atoms with Crippen molar-refractivity contribution in [1.82, 2.24) is 4.90 Å². The van der Waals surface area contributed by atoms with E-state index in [1.165, 1.54) is 19.1 Å². The molecule has 2 unspecified atom stereocenters. The van der Waals surface area contributed by atoms with Crippen molar-refractivity contribution in [3.63, 3.8) is 0 Å². The third-order valence-electron chi connectivity index (χ3n) is 15.4. The number of aliphatic hydroxyl groups excluding tert-OH is 1. The Morgan fingerprint density at radius 2 is 1.58 bits per heavy atom. The molecular formula is C55H79NO15. The maximum Gasteiger partial charge on any atom is 0.347 e. The Bertz CT molecular complexity index is 2070. The zero-order chi connectivity index (χ0) is 51.6. The summed E-state index contributed by atoms with van der Waals surface area (Å²) in [6.07, 6.45) is 5.43. The van der Waals surface area contributed by atoms with Crippen molar-refractivity contribution in [2.45, 2.75) is 179 Å². The largest absolute Gasteiger partial charge is 0.479 e. The molecule has 2 N–H and O–H groups in total. The number of hydrogen-bond donors (Lipinski definition) is 2. The molecule has 4 aliphatic heterocycles. The Morgan fingerprint density at radius 1 is 0.873 bits per heavy atom. The van der Waals surface area contributed by atoms with E-state index in [0.29, 0.717) is 75.9 Å². The number of methoxy groups -OCH3 is 3. The average Bonchev–Trinajstić information content (AvgIpc) is 3.77. The van der Waals surface area contributed by atoms with Gasteiger partial charge in [0.05, 0.1) is 43.7 Å². The number of ketones is 2. The van der Waals surface area contributed by atoms with Gasteiger partial charge in [0.25, 0.3) is 11.7 Å². The van der Waals surface area contributed by atoms with Crippen LogP contribution in [0, 0.1) is 29.6 Å². The zero-order valence-electron chi connectivity index (χ0n) is 43.1. The molecule has 394 valence electrons. The summed E-state index contributed by atoms with van der Waals surface area (Å²) in [5.74, 6) is -7.69. The number of carbonyl (C=O) groups is 5. The molecule has 1 amide bonds. The summed E-state index contributed by atoms with van der Waals surface area (Å²) in [6.45, 7) is 13.9. The van der Waals surface area contributed by atoms with Crippen LogP contribution in [0.2, 0.25) is 0 Å². The lowest BCUT2D eigenvalue weighted by Crippen LogP contribution is -2.64. The highest BCUT2D eigenvalue weighted by Crippen LogP contribution is 2.40. The molecule has 4 heterocycles. The van der Waals surface area contributed by atoms with Crippen molar-refractivity contribution in [2.24, 2.45) is 29.6 Å². The number of hydrogen-bond acceptors (Lipinski definition) is 15. The summed E-state index contributed by atoms with van der Waals surface area (Å²) in [7, 11) is 4.70. The first-order valence-electron chi connectivity index (χ1n) is 25.7. The molecule has 16 heteroatoms. The molecule has 71 heavy (non-hydrogen) atoms. The van der Waals surface area contributed by atoms with Crippen LogP contribution in [0.4, 0.5) is 0 Å². The molecular weight excluding hydrogens is 915 g/mol. The fraction of sp³-hybridized carbons (Fsp3) is 0.691. The number of benzene rings is 1. The number of nitrogens with zero attached hydrogens (tertiary/aromatic N) is 1. The molecule has 0 radical (unpaired) electrons. The van der Waals surface area contributed by atoms with Crippen molar-refractivity contribution >= 4 is 29.4 Å². The van der Waals surface area contributed by atoms with Crippen LogP contribution in [0.25, 0.3) is 0 Å². The molecule has 15 atom stereocenters. The first kappa shape index (κ1) is 56.0. The van der Waals surface area contributed by atoms with Gasteiger partial charge in [-0.25, -0.2) is 9.59 Å². The summed E-state index contributed by atoms with van der Waals surface area (Å²) in [6, 6.07) is 6.25. The highest BCUT2D eigenvalue weighted by atomic mass is 16.7. The Balaban J connectivity index is 1.25. The van der Waals surface area contributed by atoms with Gasteiger partial charge < -0.3 is 53.0 Å². The van der Waals surface area contributed by atoms with E-state index in [9.17, 15) is 34.2 Å². The minimum absolute atomic E-state index is 0.00668. The topological polar surface area (TPSA) is 203 Å². The molecule has 0 spiro atoms. The fourth-order valence-electron chi connectivity index (χ4n) is 11.2. The minimum atomic E-state index is -2.53. The normalized spacial score (nSPS) is 37.2. The van der Waals surface area contributed by atoms with Gasteiger partial charge in [-0.3, -0.25) is 14.4 Å². The van der Waals surface area contributed by atoms with Crippen LogP contribution in [-0.2, 0) is 63.7 Å². The van der Waals surface area contributed by atoms with Gasteiger partial charge in [-0.05, 0) is 113 Å². The van der Waals surface area contributed by atoms with Gasteiger partial charge in [0.2, 0.25) is 5.79 Å². The summed E-state index contributed by atoms with van der Waals surface area (Å²) in [4.78, 5) is 70.6. The number of ether oxygens (including phenoxy) is 8. The molecule has 1 saturated carbocycles. The molecule has 5 aliphatic rings. The van der Waals surface area contributed by atoms with Crippen molar-refractivity contribution < 1.29 is 72.1 Å². The van der Waals surface area contributed by atoms with Crippen molar-refractivity contribution in [3.05, 3.63) is 65.8 Å². The lowest BCUT2D eigenvalue weighted by atomic mass is 9.81. The Kier molecular flexibility index (Phi) is 20.2. The second-order valence-electron chi connectivity index (χ2n) is 20.8. The first-order chi connectivity index (χ1) is 33.9. The lowest BCUT2D eigenvalue weighted by molar-refractivity contribution is -0.302. The minimum Gasteiger partial charge on any atom is -0.479 e. The summed E-state index contributed by atoms with van der Waals surface area (Å²) in [5, 5.41) is 24.1. The maximum absolute atomic E-state index is 14.6. The van der Waals surface area contributed by atoms with Gasteiger partial charge in [0, 0.05) is 58.5 Å². The molecule has 1 aromatic rings. The fourth-order valence-corrected chi connectivity index (χ4v) is 11.2. The third-order valence-corrected chi connectivity index (χ3v) is 15.4. The second kappa shape index (κ2) is 25.6. The van der Waals surface area contributed by atoms with Crippen LogP contribution in [-0.4, -0.2) is 140 Å². The van der Waals surface area contributed by atoms with E-state index in [1.54, 1.807) is 27.0 Å². The van der Waals surface area contributed by atoms with E-state index in [4.69, 9.17) is 37.9 Å². The van der Waals surface area contributed by atoms with Crippen LogP contribution in [0.15, 0.2) is 60.2 Å². The van der Waals surface area contributed by atoms with E-state index >= 15 is 0 Å². The maximum atomic E-state index is 14.6. The Hall–Kier alpha value is -4.29. The molecule has 16 nitrogen and oxygen atoms in total. The summed E-state index contributed by atoms with van der Waals surface area (Å²) >= 11 is 0. The smallest absolute Gasteiger partial charge is 0.347 e. The lowest BCUT2D eigenvalue weighted by Gasteiger charge is -2.47. The highest BCUT2D eigenvalue weighted by molar-refractivity contribution is 6.39. The number of esters is 2. The number of aliphatic hydroxyl groups is 2. The van der Waals surface area contributed by atoms with Crippen LogP contribution >= 0.6 is 0 Å². The van der Waals surface area contributed by atoms with Crippen molar-refractivity contribution in [3.8, 4) is 5.75 Å². The number of carbonyl (C=O) groups excluding carboxylic acids is 5. The van der Waals surface area contributed by atoms with Gasteiger partial charge in [0.15, 0.2) is 6.10 Å². The number of rotatable bonds is 12. The number of cyclic esters (lactones) is 2. The number of allylic oxidation sites excluding steroid dienone is 4. The SMILES string of the molecule is C=CC[C@@H]1/C=C(\C)C[C@H](C)C[C@H](OC)[C@H]2O[C@@](O)(C(=O)C(=O)N3CCCC[C@H]3C(=O)OC(/C(C)=C/[C@@H]3CCC(OCc4ccc(O[C@H]5CCOC5=O)cc4)[C@H](OC)C3)[C@H](C)[C@@H](O)CC1=O)[C@H](C)C[C@@H]2OC. The quantitative estimate of drug-likeness (QED) is 0.129. The number of Topliss-reactive ketones (excluding diaryl/α,β-unsaturated/α-hetero) is 2. The van der Waals surface area contributed by atoms with Crippen LogP contribution in [0.5, 0.6) is 5.75 Å². The number of amides is 1. The van der Waals surface area contributed by atoms with E-state index in [0.717, 1.165) is 17.6 Å². The molecule has 4 fully saturated rings. The van der Waals surface area contributed by atoms with E-state index in [1.807, 2.05) is 57.2 Å². The summed E-state index contributed by atoms with van der Waals surface area (Å²) in [5.41, 5.74) is 2.54. The van der Waals surface area contributed by atoms with E-state index < -0.39 is 83.9 Å². The molecule has 3 saturated heterocycles.